The van der Waals surface area contributed by atoms with E-state index in [-0.39, 0.29) is 29.6 Å². The molecule has 0 bridgehead atoms. The summed E-state index contributed by atoms with van der Waals surface area (Å²) in [5, 5.41) is 9.24. The van der Waals surface area contributed by atoms with Crippen LogP contribution in [0.25, 0.3) is 11.1 Å². The molecule has 0 unspecified atom stereocenters. The predicted molar refractivity (Wildman–Crippen MR) is 93.5 cm³/mol. The van der Waals surface area contributed by atoms with Gasteiger partial charge in [0, 0.05) is 0 Å². The predicted octanol–water partition coefficient (Wildman–Crippen LogP) is 3.10. The van der Waals surface area contributed by atoms with Crippen molar-refractivity contribution in [2.45, 2.75) is 26.2 Å². The van der Waals surface area contributed by atoms with Crippen LogP contribution >= 0.6 is 0 Å². The molecule has 2 rings (SSSR count). The van der Waals surface area contributed by atoms with Gasteiger partial charge in [0.25, 0.3) is 0 Å². The van der Waals surface area contributed by atoms with Crippen molar-refractivity contribution in [1.29, 1.82) is 0 Å². The van der Waals surface area contributed by atoms with Crippen LogP contribution in [0.4, 0.5) is 0 Å². The van der Waals surface area contributed by atoms with E-state index in [1.807, 2.05) is 12.1 Å². The van der Waals surface area contributed by atoms with Crippen LogP contribution in [-0.2, 0) is 16.8 Å². The van der Waals surface area contributed by atoms with Crippen molar-refractivity contribution in [1.82, 2.24) is 0 Å². The van der Waals surface area contributed by atoms with E-state index in [9.17, 15) is 5.11 Å². The summed E-state index contributed by atoms with van der Waals surface area (Å²) < 4.78 is 31.6. The van der Waals surface area contributed by atoms with Crippen LogP contribution in [0.15, 0.2) is 48.5 Å². The van der Waals surface area contributed by atoms with Gasteiger partial charge in [-0.15, -0.1) is 0 Å². The zero-order valence-electron chi connectivity index (χ0n) is 12.3. The molecule has 3 N–H and O–H groups in total. The number of rotatable bonds is 4. The van der Waals surface area contributed by atoms with Gasteiger partial charge in [-0.3, -0.25) is 9.11 Å². The first-order chi connectivity index (χ1) is 10.3. The van der Waals surface area contributed by atoms with E-state index in [4.69, 9.17) is 17.5 Å². The van der Waals surface area contributed by atoms with Crippen molar-refractivity contribution in [3.05, 3.63) is 54.1 Å². The molecule has 0 radical (unpaired) electrons. The molecule has 2 aromatic rings. The van der Waals surface area contributed by atoms with E-state index in [0.29, 0.717) is 5.75 Å². The Morgan fingerprint density at radius 1 is 0.870 bits per heavy atom. The Morgan fingerprint density at radius 3 is 1.65 bits per heavy atom. The third-order valence-corrected chi connectivity index (χ3v) is 2.97. The molecule has 0 amide bonds. The third-order valence-electron chi connectivity index (χ3n) is 2.97. The molecule has 0 saturated carbocycles. The Hall–Kier alpha value is -0.890. The number of benzene rings is 2. The first-order valence-electron chi connectivity index (χ1n) is 6.88. The second kappa shape index (κ2) is 10.8. The van der Waals surface area contributed by atoms with E-state index in [0.717, 1.165) is 12.0 Å². The quantitative estimate of drug-likeness (QED) is 0.583. The molecule has 0 aromatic heterocycles. The van der Waals surface area contributed by atoms with Gasteiger partial charge in [-0.05, 0) is 41.7 Å². The summed E-state index contributed by atoms with van der Waals surface area (Å²) in [6, 6.07) is 16.0. The number of hydrogen-bond donors (Lipinski definition) is 3. The summed E-state index contributed by atoms with van der Waals surface area (Å²) in [5.41, 5.74) is 3.74. The van der Waals surface area contributed by atoms with Crippen molar-refractivity contribution >= 4 is 40.0 Å². The van der Waals surface area contributed by atoms with Crippen LogP contribution in [-0.4, -0.2) is 52.2 Å². The molecule has 0 aliphatic heterocycles. The van der Waals surface area contributed by atoms with Crippen molar-refractivity contribution in [3.8, 4) is 16.9 Å². The Morgan fingerprint density at radius 2 is 1.26 bits per heavy atom. The molecule has 0 aliphatic carbocycles. The number of aryl methyl sites for hydroxylation is 1. The molecule has 7 heteroatoms. The Labute approximate surface area is 159 Å². The Bertz CT molecular complexity index is 659. The molecule has 0 saturated heterocycles. The monoisotopic (exact) mass is 348 g/mol. The molecule has 122 valence electrons. The van der Waals surface area contributed by atoms with Crippen LogP contribution in [0.5, 0.6) is 5.75 Å². The van der Waals surface area contributed by atoms with Crippen molar-refractivity contribution in [3.63, 3.8) is 0 Å². The molecule has 0 spiro atoms. The van der Waals surface area contributed by atoms with Gasteiger partial charge in [0.05, 0.1) is 0 Å². The number of hydrogen-bond acceptors (Lipinski definition) is 3. The number of phenolic OH excluding ortho intramolecular Hbond substituents is 1. The fourth-order valence-corrected chi connectivity index (χ4v) is 1.90. The summed E-state index contributed by atoms with van der Waals surface area (Å²) in [6.45, 7) is 2.21. The van der Waals surface area contributed by atoms with E-state index in [1.54, 1.807) is 12.1 Å². The summed E-state index contributed by atoms with van der Waals surface area (Å²) in [7, 11) is -4.67. The Kier molecular flexibility index (Phi) is 10.4. The summed E-state index contributed by atoms with van der Waals surface area (Å²) >= 11 is 0. The standard InChI is InChI=1S/C16H18O.Na.H2O4S.H/c1-2-3-4-13-5-7-14(8-6-13)15-9-11-16(17)12-10-15;;1-5(2,3)4;/h5-12,17H,2-4H2,1H3;;(H2,1,2,3,4);. The SMILES string of the molecule is CCCCc1ccc(-c2ccc(O)cc2)cc1.O=S(=O)(O)O.[NaH]. The normalized spacial score (nSPS) is 10.2. The van der Waals surface area contributed by atoms with Crippen molar-refractivity contribution < 1.29 is 22.6 Å². The van der Waals surface area contributed by atoms with Gasteiger partial charge in [0.1, 0.15) is 5.75 Å². The first-order valence-corrected chi connectivity index (χ1v) is 8.27. The van der Waals surface area contributed by atoms with E-state index in [1.165, 1.54) is 24.0 Å². The zero-order chi connectivity index (χ0) is 16.6. The topological polar surface area (TPSA) is 94.8 Å². The van der Waals surface area contributed by atoms with E-state index < -0.39 is 10.4 Å². The molecule has 0 fully saturated rings. The third kappa shape index (κ3) is 10.5. The second-order valence-corrected chi connectivity index (χ2v) is 5.69. The molecule has 5 nitrogen and oxygen atoms in total. The molecule has 23 heavy (non-hydrogen) atoms. The minimum absolute atomic E-state index is 0. The molecule has 0 heterocycles. The molecule has 0 atom stereocenters. The number of aromatic hydroxyl groups is 1. The average Bonchev–Trinajstić information content (AvgIpc) is 2.45. The molecular weight excluding hydrogens is 327 g/mol. The van der Waals surface area contributed by atoms with Gasteiger partial charge in [-0.1, -0.05) is 49.7 Å². The van der Waals surface area contributed by atoms with Gasteiger partial charge in [-0.2, -0.15) is 8.42 Å². The number of phenols is 1. The van der Waals surface area contributed by atoms with Gasteiger partial charge in [-0.25, -0.2) is 0 Å². The average molecular weight is 348 g/mol. The van der Waals surface area contributed by atoms with Crippen LogP contribution in [0.1, 0.15) is 25.3 Å². The van der Waals surface area contributed by atoms with Gasteiger partial charge in [0.2, 0.25) is 0 Å². The Balaban J connectivity index is 0.000000709. The minimum atomic E-state index is -4.67. The van der Waals surface area contributed by atoms with Crippen LogP contribution in [0, 0.1) is 0 Å². The van der Waals surface area contributed by atoms with E-state index in [2.05, 4.69) is 31.2 Å². The summed E-state index contributed by atoms with van der Waals surface area (Å²) in [6.07, 6.45) is 3.64. The van der Waals surface area contributed by atoms with Gasteiger partial charge in [0.15, 0.2) is 0 Å². The summed E-state index contributed by atoms with van der Waals surface area (Å²) in [5.74, 6) is 0.313. The van der Waals surface area contributed by atoms with Crippen LogP contribution in [0.2, 0.25) is 0 Å². The first kappa shape index (κ1) is 22.1. The van der Waals surface area contributed by atoms with Crippen molar-refractivity contribution in [2.24, 2.45) is 0 Å². The molecular formula is C16H21NaO5S. The fourth-order valence-electron chi connectivity index (χ4n) is 1.90. The van der Waals surface area contributed by atoms with Gasteiger partial charge >= 0.3 is 40.0 Å². The zero-order valence-corrected chi connectivity index (χ0v) is 13.1. The fraction of sp³-hybridized carbons (Fsp3) is 0.250. The van der Waals surface area contributed by atoms with E-state index >= 15 is 0 Å². The number of unbranched alkanes of at least 4 members (excludes halogenated alkanes) is 1. The van der Waals surface area contributed by atoms with Crippen LogP contribution < -0.4 is 0 Å². The maximum absolute atomic E-state index is 9.24. The summed E-state index contributed by atoms with van der Waals surface area (Å²) in [4.78, 5) is 0. The van der Waals surface area contributed by atoms with Crippen LogP contribution in [0.3, 0.4) is 0 Å². The van der Waals surface area contributed by atoms with Gasteiger partial charge < -0.3 is 5.11 Å². The van der Waals surface area contributed by atoms with Crippen molar-refractivity contribution in [2.75, 3.05) is 0 Å². The maximum atomic E-state index is 9.24. The second-order valence-electron chi connectivity index (χ2n) is 4.80. The molecule has 2 aromatic carbocycles. The molecule has 0 aliphatic rings.